The number of carbonyl (C=O) groups is 4. The predicted molar refractivity (Wildman–Crippen MR) is 132 cm³/mol. The second-order valence-corrected chi connectivity index (χ2v) is 8.28. The lowest BCUT2D eigenvalue weighted by Gasteiger charge is -2.30. The first-order valence-electron chi connectivity index (χ1n) is 11.5. The Kier molecular flexibility index (Phi) is 6.46. The van der Waals surface area contributed by atoms with Crippen molar-refractivity contribution < 1.29 is 28.7 Å². The zero-order valence-electron chi connectivity index (χ0n) is 19.3. The molecule has 0 aromatic heterocycles. The summed E-state index contributed by atoms with van der Waals surface area (Å²) in [5, 5.41) is 2.80. The van der Waals surface area contributed by atoms with Crippen molar-refractivity contribution in [1.29, 1.82) is 0 Å². The van der Waals surface area contributed by atoms with Gasteiger partial charge in [0.15, 0.2) is 6.61 Å². The minimum absolute atomic E-state index is 0.116. The number of nitrogens with zero attached hydrogens (tertiary/aromatic N) is 2. The number of ether oxygens (including phenoxy) is 2. The van der Waals surface area contributed by atoms with Crippen LogP contribution >= 0.6 is 0 Å². The van der Waals surface area contributed by atoms with Crippen molar-refractivity contribution in [3.8, 4) is 0 Å². The molecule has 0 saturated carbocycles. The molecule has 2 aliphatic rings. The molecular weight excluding hydrogens is 462 g/mol. The molecule has 1 fully saturated rings. The smallest absolute Gasteiger partial charge is 0.338 e. The molecule has 182 valence electrons. The molecule has 9 heteroatoms. The number of hydrogen-bond acceptors (Lipinski definition) is 7. The molecule has 36 heavy (non-hydrogen) atoms. The molecular formula is C27H23N3O6. The van der Waals surface area contributed by atoms with E-state index in [-0.39, 0.29) is 11.3 Å². The van der Waals surface area contributed by atoms with Crippen LogP contribution in [0.4, 0.5) is 17.1 Å². The zero-order valence-corrected chi connectivity index (χ0v) is 19.3. The topological polar surface area (TPSA) is 105 Å². The first-order valence-corrected chi connectivity index (χ1v) is 11.5. The Labute approximate surface area is 207 Å². The summed E-state index contributed by atoms with van der Waals surface area (Å²) in [7, 11) is 0. The molecule has 3 amide bonds. The van der Waals surface area contributed by atoms with E-state index in [1.54, 1.807) is 42.5 Å². The summed E-state index contributed by atoms with van der Waals surface area (Å²) in [6.07, 6.45) is 0. The molecule has 2 heterocycles. The van der Waals surface area contributed by atoms with Crippen LogP contribution in [0, 0.1) is 0 Å². The fraction of sp³-hybridized carbons (Fsp3) is 0.185. The molecule has 0 radical (unpaired) electrons. The van der Waals surface area contributed by atoms with Gasteiger partial charge >= 0.3 is 5.97 Å². The van der Waals surface area contributed by atoms with Crippen LogP contribution in [0.1, 0.15) is 31.1 Å². The number of rotatable bonds is 6. The number of morpholine rings is 1. The van der Waals surface area contributed by atoms with Crippen molar-refractivity contribution in [2.75, 3.05) is 48.0 Å². The zero-order chi connectivity index (χ0) is 25.1. The van der Waals surface area contributed by atoms with Gasteiger partial charge in [-0.05, 0) is 42.5 Å². The molecule has 1 N–H and O–H groups in total. The van der Waals surface area contributed by atoms with E-state index in [0.29, 0.717) is 43.1 Å². The molecule has 5 rings (SSSR count). The SMILES string of the molecule is O=C(COC(=O)c1cccc(N2C(=O)c3ccccc3C2=O)c1)Nc1ccccc1N1CCOCC1. The van der Waals surface area contributed by atoms with E-state index in [1.807, 2.05) is 18.2 Å². The predicted octanol–water partition coefficient (Wildman–Crippen LogP) is 3.12. The first-order chi connectivity index (χ1) is 17.5. The minimum Gasteiger partial charge on any atom is -0.452 e. The largest absolute Gasteiger partial charge is 0.452 e. The molecule has 0 aliphatic carbocycles. The number of benzene rings is 3. The standard InChI is InChI=1S/C27H23N3O6/c31-24(28-22-10-3-4-11-23(22)29-12-14-35-15-13-29)17-36-27(34)18-6-5-7-19(16-18)30-25(32)20-8-1-2-9-21(20)26(30)33/h1-11,16H,12-15,17H2,(H,28,31). The lowest BCUT2D eigenvalue weighted by Crippen LogP contribution is -2.36. The molecule has 3 aromatic carbocycles. The second kappa shape index (κ2) is 10.0. The highest BCUT2D eigenvalue weighted by Gasteiger charge is 2.36. The van der Waals surface area contributed by atoms with Gasteiger partial charge in [0, 0.05) is 13.1 Å². The van der Waals surface area contributed by atoms with E-state index in [9.17, 15) is 19.2 Å². The van der Waals surface area contributed by atoms with E-state index >= 15 is 0 Å². The van der Waals surface area contributed by atoms with Crippen LogP contribution < -0.4 is 15.1 Å². The monoisotopic (exact) mass is 485 g/mol. The van der Waals surface area contributed by atoms with Crippen LogP contribution in [0.2, 0.25) is 0 Å². The molecule has 1 saturated heterocycles. The maximum absolute atomic E-state index is 12.7. The third-order valence-corrected chi connectivity index (χ3v) is 6.00. The number of nitrogens with one attached hydrogen (secondary N) is 1. The maximum atomic E-state index is 12.7. The van der Waals surface area contributed by atoms with Crippen molar-refractivity contribution in [3.63, 3.8) is 0 Å². The number of amides is 3. The van der Waals surface area contributed by atoms with E-state index in [1.165, 1.54) is 12.1 Å². The molecule has 0 spiro atoms. The Morgan fingerprint density at radius 2 is 1.53 bits per heavy atom. The van der Waals surface area contributed by atoms with Gasteiger partial charge < -0.3 is 19.7 Å². The molecule has 0 atom stereocenters. The van der Waals surface area contributed by atoms with Gasteiger partial charge in [0.1, 0.15) is 0 Å². The van der Waals surface area contributed by atoms with E-state index < -0.39 is 30.3 Å². The van der Waals surface area contributed by atoms with Crippen molar-refractivity contribution >= 4 is 40.8 Å². The van der Waals surface area contributed by atoms with Crippen LogP contribution in [0.15, 0.2) is 72.8 Å². The molecule has 9 nitrogen and oxygen atoms in total. The van der Waals surface area contributed by atoms with Gasteiger partial charge in [-0.2, -0.15) is 0 Å². The number of anilines is 3. The fourth-order valence-corrected chi connectivity index (χ4v) is 4.26. The van der Waals surface area contributed by atoms with Gasteiger partial charge in [-0.3, -0.25) is 14.4 Å². The van der Waals surface area contributed by atoms with Gasteiger partial charge in [-0.1, -0.05) is 30.3 Å². The van der Waals surface area contributed by atoms with Gasteiger partial charge in [0.05, 0.1) is 47.0 Å². The highest BCUT2D eigenvalue weighted by atomic mass is 16.5. The Morgan fingerprint density at radius 3 is 2.25 bits per heavy atom. The highest BCUT2D eigenvalue weighted by Crippen LogP contribution is 2.29. The number of imide groups is 1. The average Bonchev–Trinajstić information content (AvgIpc) is 3.18. The van der Waals surface area contributed by atoms with E-state index in [0.717, 1.165) is 10.6 Å². The summed E-state index contributed by atoms with van der Waals surface area (Å²) in [5.74, 6) is -2.15. The number of carbonyl (C=O) groups excluding carboxylic acids is 4. The summed E-state index contributed by atoms with van der Waals surface area (Å²) in [5.41, 5.74) is 2.47. The van der Waals surface area contributed by atoms with Crippen LogP contribution in [-0.4, -0.2) is 56.6 Å². The van der Waals surface area contributed by atoms with Crippen molar-refractivity contribution in [2.24, 2.45) is 0 Å². The second-order valence-electron chi connectivity index (χ2n) is 8.28. The lowest BCUT2D eigenvalue weighted by atomic mass is 10.1. The van der Waals surface area contributed by atoms with Crippen LogP contribution in [-0.2, 0) is 14.3 Å². The lowest BCUT2D eigenvalue weighted by molar-refractivity contribution is -0.119. The number of para-hydroxylation sites is 2. The van der Waals surface area contributed by atoms with Gasteiger partial charge in [0.25, 0.3) is 17.7 Å². The minimum atomic E-state index is -0.745. The van der Waals surface area contributed by atoms with Crippen molar-refractivity contribution in [2.45, 2.75) is 0 Å². The molecule has 0 bridgehead atoms. The van der Waals surface area contributed by atoms with E-state index in [2.05, 4.69) is 10.2 Å². The third-order valence-electron chi connectivity index (χ3n) is 6.00. The summed E-state index contributed by atoms with van der Waals surface area (Å²) >= 11 is 0. The summed E-state index contributed by atoms with van der Waals surface area (Å²) in [6, 6.07) is 20.0. The first kappa shape index (κ1) is 23.3. The van der Waals surface area contributed by atoms with Crippen LogP contribution in [0.3, 0.4) is 0 Å². The van der Waals surface area contributed by atoms with Crippen LogP contribution in [0.25, 0.3) is 0 Å². The van der Waals surface area contributed by atoms with Crippen molar-refractivity contribution in [1.82, 2.24) is 0 Å². The normalized spacial score (nSPS) is 15.0. The summed E-state index contributed by atoms with van der Waals surface area (Å²) < 4.78 is 10.6. The number of fused-ring (bicyclic) bond motifs is 1. The van der Waals surface area contributed by atoms with Gasteiger partial charge in [-0.15, -0.1) is 0 Å². The summed E-state index contributed by atoms with van der Waals surface area (Å²) in [6.45, 7) is 2.16. The number of hydrogen-bond donors (Lipinski definition) is 1. The Balaban J connectivity index is 1.23. The fourth-order valence-electron chi connectivity index (χ4n) is 4.26. The Morgan fingerprint density at radius 1 is 0.861 bits per heavy atom. The van der Waals surface area contributed by atoms with Crippen LogP contribution in [0.5, 0.6) is 0 Å². The molecule has 0 unspecified atom stereocenters. The third kappa shape index (κ3) is 4.56. The van der Waals surface area contributed by atoms with E-state index in [4.69, 9.17) is 9.47 Å². The number of esters is 1. The molecule has 3 aromatic rings. The molecule has 2 aliphatic heterocycles. The van der Waals surface area contributed by atoms with Gasteiger partial charge in [0.2, 0.25) is 0 Å². The Bertz CT molecular complexity index is 1310. The van der Waals surface area contributed by atoms with Gasteiger partial charge in [-0.25, -0.2) is 9.69 Å². The summed E-state index contributed by atoms with van der Waals surface area (Å²) in [4.78, 5) is 53.8. The Hall–Kier alpha value is -4.50. The van der Waals surface area contributed by atoms with Crippen molar-refractivity contribution in [3.05, 3.63) is 89.5 Å². The maximum Gasteiger partial charge on any atom is 0.338 e. The highest BCUT2D eigenvalue weighted by molar-refractivity contribution is 6.34. The quantitative estimate of drug-likeness (QED) is 0.423. The average molecular weight is 485 g/mol.